The minimum absolute atomic E-state index is 0.0726. The average molecular weight is 232 g/mol. The molecule has 1 aliphatic rings. The van der Waals surface area contributed by atoms with E-state index in [2.05, 4.69) is 10.6 Å². The molecule has 0 aromatic heterocycles. The van der Waals surface area contributed by atoms with Crippen molar-refractivity contribution in [2.45, 2.75) is 12.8 Å². The van der Waals surface area contributed by atoms with E-state index in [1.807, 2.05) is 18.2 Å². The third-order valence-electron chi connectivity index (χ3n) is 2.94. The summed E-state index contributed by atoms with van der Waals surface area (Å²) in [6.45, 7) is 1.28. The van der Waals surface area contributed by atoms with Gasteiger partial charge in [0.05, 0.1) is 0 Å². The van der Waals surface area contributed by atoms with E-state index in [-0.39, 0.29) is 17.7 Å². The van der Waals surface area contributed by atoms with Crippen LogP contribution in [0.2, 0.25) is 0 Å². The fourth-order valence-electron chi connectivity index (χ4n) is 1.95. The predicted octanol–water partition coefficient (Wildman–Crippen LogP) is 0.943. The van der Waals surface area contributed by atoms with Crippen molar-refractivity contribution in [2.75, 3.05) is 13.1 Å². The van der Waals surface area contributed by atoms with E-state index in [4.69, 9.17) is 0 Å². The number of nitrogens with one attached hydrogen (secondary N) is 2. The lowest BCUT2D eigenvalue weighted by molar-refractivity contribution is -0.123. The van der Waals surface area contributed by atoms with Crippen molar-refractivity contribution in [3.05, 3.63) is 35.9 Å². The number of carbonyl (C=O) groups is 2. The van der Waals surface area contributed by atoms with Gasteiger partial charge in [0.15, 0.2) is 0 Å². The van der Waals surface area contributed by atoms with Gasteiger partial charge in [0.25, 0.3) is 5.91 Å². The summed E-state index contributed by atoms with van der Waals surface area (Å²) in [5, 5.41) is 5.65. The number of carbonyl (C=O) groups excluding carboxylic acids is 2. The Hall–Kier alpha value is -1.84. The van der Waals surface area contributed by atoms with Crippen molar-refractivity contribution in [2.24, 2.45) is 5.92 Å². The van der Waals surface area contributed by atoms with Crippen molar-refractivity contribution in [3.63, 3.8) is 0 Å². The molecule has 90 valence electrons. The molecule has 0 bridgehead atoms. The van der Waals surface area contributed by atoms with Crippen molar-refractivity contribution >= 4 is 11.8 Å². The Morgan fingerprint density at radius 2 is 2.12 bits per heavy atom. The largest absolute Gasteiger partial charge is 0.356 e. The van der Waals surface area contributed by atoms with E-state index in [0.29, 0.717) is 25.1 Å². The lowest BCUT2D eigenvalue weighted by Gasteiger charge is -2.22. The zero-order valence-electron chi connectivity index (χ0n) is 9.61. The third kappa shape index (κ3) is 3.31. The molecule has 1 heterocycles. The lowest BCUT2D eigenvalue weighted by atomic mass is 9.97. The fourth-order valence-corrected chi connectivity index (χ4v) is 1.95. The van der Waals surface area contributed by atoms with Gasteiger partial charge in [-0.05, 0) is 24.5 Å². The number of piperidine rings is 1. The smallest absolute Gasteiger partial charge is 0.251 e. The molecule has 1 fully saturated rings. The molecule has 0 aliphatic carbocycles. The van der Waals surface area contributed by atoms with Crippen LogP contribution in [0.25, 0.3) is 0 Å². The summed E-state index contributed by atoms with van der Waals surface area (Å²) in [4.78, 5) is 22.9. The Labute approximate surface area is 100 Å². The van der Waals surface area contributed by atoms with Gasteiger partial charge in [-0.3, -0.25) is 9.59 Å². The Morgan fingerprint density at radius 1 is 1.35 bits per heavy atom. The summed E-state index contributed by atoms with van der Waals surface area (Å²) >= 11 is 0. The third-order valence-corrected chi connectivity index (χ3v) is 2.94. The van der Waals surface area contributed by atoms with Crippen LogP contribution in [0.3, 0.4) is 0 Å². The molecule has 0 radical (unpaired) electrons. The second-order valence-corrected chi connectivity index (χ2v) is 4.28. The minimum atomic E-state index is -0.0726. The molecule has 2 N–H and O–H groups in total. The van der Waals surface area contributed by atoms with Crippen LogP contribution < -0.4 is 10.6 Å². The van der Waals surface area contributed by atoms with Crippen molar-refractivity contribution < 1.29 is 9.59 Å². The molecule has 1 saturated heterocycles. The number of amides is 2. The summed E-state index contributed by atoms with van der Waals surface area (Å²) in [6, 6.07) is 9.11. The number of hydrogen-bond acceptors (Lipinski definition) is 2. The van der Waals surface area contributed by atoms with Gasteiger partial charge in [0.1, 0.15) is 0 Å². The molecule has 0 saturated carbocycles. The molecule has 1 unspecified atom stereocenters. The molecule has 1 aromatic carbocycles. The van der Waals surface area contributed by atoms with Crippen molar-refractivity contribution in [1.82, 2.24) is 10.6 Å². The molecule has 1 aliphatic heterocycles. The van der Waals surface area contributed by atoms with Crippen LogP contribution in [-0.4, -0.2) is 24.9 Å². The van der Waals surface area contributed by atoms with Gasteiger partial charge in [-0.2, -0.15) is 0 Å². The van der Waals surface area contributed by atoms with Crippen molar-refractivity contribution in [3.8, 4) is 0 Å². The normalized spacial score (nSPS) is 19.5. The first-order valence-electron chi connectivity index (χ1n) is 5.85. The second kappa shape index (κ2) is 5.48. The van der Waals surface area contributed by atoms with E-state index >= 15 is 0 Å². The molecule has 0 spiro atoms. The van der Waals surface area contributed by atoms with Gasteiger partial charge >= 0.3 is 0 Å². The van der Waals surface area contributed by atoms with Crippen LogP contribution in [0.1, 0.15) is 23.2 Å². The number of hydrogen-bond donors (Lipinski definition) is 2. The molecule has 17 heavy (non-hydrogen) atoms. The summed E-state index contributed by atoms with van der Waals surface area (Å²) < 4.78 is 0. The van der Waals surface area contributed by atoms with Crippen LogP contribution in [-0.2, 0) is 4.79 Å². The Bertz CT molecular complexity index is 403. The Balaban J connectivity index is 1.82. The maximum absolute atomic E-state index is 11.8. The predicted molar refractivity (Wildman–Crippen MR) is 64.5 cm³/mol. The first kappa shape index (κ1) is 11.6. The second-order valence-electron chi connectivity index (χ2n) is 4.28. The van der Waals surface area contributed by atoms with Crippen LogP contribution >= 0.6 is 0 Å². The minimum Gasteiger partial charge on any atom is -0.356 e. The van der Waals surface area contributed by atoms with Gasteiger partial charge in [-0.15, -0.1) is 0 Å². The molecular weight excluding hydrogens is 216 g/mol. The number of rotatable bonds is 3. The van der Waals surface area contributed by atoms with E-state index in [1.165, 1.54) is 0 Å². The molecule has 1 atom stereocenters. The summed E-state index contributed by atoms with van der Waals surface area (Å²) in [5.41, 5.74) is 0.660. The number of benzene rings is 1. The van der Waals surface area contributed by atoms with Crippen LogP contribution in [0.15, 0.2) is 30.3 Å². The molecule has 2 amide bonds. The summed E-state index contributed by atoms with van der Waals surface area (Å²) in [5.74, 6) is 0.267. The highest BCUT2D eigenvalue weighted by Gasteiger charge is 2.19. The highest BCUT2D eigenvalue weighted by molar-refractivity contribution is 5.94. The van der Waals surface area contributed by atoms with Gasteiger partial charge < -0.3 is 10.6 Å². The van der Waals surface area contributed by atoms with Gasteiger partial charge in [-0.25, -0.2) is 0 Å². The topological polar surface area (TPSA) is 58.2 Å². The Morgan fingerprint density at radius 3 is 2.82 bits per heavy atom. The molecule has 4 nitrogen and oxygen atoms in total. The highest BCUT2D eigenvalue weighted by atomic mass is 16.2. The van der Waals surface area contributed by atoms with Gasteiger partial charge in [-0.1, -0.05) is 18.2 Å². The van der Waals surface area contributed by atoms with E-state index < -0.39 is 0 Å². The first-order valence-corrected chi connectivity index (χ1v) is 5.85. The molecular formula is C13H16N2O2. The van der Waals surface area contributed by atoms with Crippen LogP contribution in [0.4, 0.5) is 0 Å². The average Bonchev–Trinajstić information content (AvgIpc) is 2.37. The molecule has 2 rings (SSSR count). The first-order chi connectivity index (χ1) is 8.25. The standard InChI is InChI=1S/C13H16N2O2/c16-12-8-10(6-7-14-12)9-15-13(17)11-4-2-1-3-5-11/h1-5,10H,6-9H2,(H,14,16)(H,15,17). The van der Waals surface area contributed by atoms with Gasteiger partial charge in [0.2, 0.25) is 5.91 Å². The summed E-state index contributed by atoms with van der Waals surface area (Å²) in [6.07, 6.45) is 1.44. The SMILES string of the molecule is O=C1CC(CNC(=O)c2ccccc2)CCN1. The van der Waals surface area contributed by atoms with E-state index in [0.717, 1.165) is 6.42 Å². The van der Waals surface area contributed by atoms with E-state index in [9.17, 15) is 9.59 Å². The molecule has 1 aromatic rings. The maximum Gasteiger partial charge on any atom is 0.251 e. The Kier molecular flexibility index (Phi) is 3.75. The van der Waals surface area contributed by atoms with Gasteiger partial charge in [0, 0.05) is 25.1 Å². The fraction of sp³-hybridized carbons (Fsp3) is 0.385. The van der Waals surface area contributed by atoms with E-state index in [1.54, 1.807) is 12.1 Å². The molecule has 4 heteroatoms. The zero-order chi connectivity index (χ0) is 12.1. The highest BCUT2D eigenvalue weighted by Crippen LogP contribution is 2.11. The van der Waals surface area contributed by atoms with Crippen molar-refractivity contribution in [1.29, 1.82) is 0 Å². The monoisotopic (exact) mass is 232 g/mol. The quantitative estimate of drug-likeness (QED) is 0.815. The summed E-state index contributed by atoms with van der Waals surface area (Å²) in [7, 11) is 0. The van der Waals surface area contributed by atoms with Crippen LogP contribution in [0, 0.1) is 5.92 Å². The van der Waals surface area contributed by atoms with Crippen LogP contribution in [0.5, 0.6) is 0 Å². The maximum atomic E-state index is 11.8. The lowest BCUT2D eigenvalue weighted by Crippen LogP contribution is -2.39. The zero-order valence-corrected chi connectivity index (χ0v) is 9.61.